The smallest absolute Gasteiger partial charge is 0.220 e. The molecule has 1 heterocycles. The number of hydrogen-bond donors (Lipinski definition) is 1. The molecule has 1 amide bonds. The van der Waals surface area contributed by atoms with Crippen molar-refractivity contribution >= 4 is 21.8 Å². The van der Waals surface area contributed by atoms with Gasteiger partial charge in [-0.3, -0.25) is 4.79 Å². The van der Waals surface area contributed by atoms with Gasteiger partial charge in [0, 0.05) is 30.9 Å². The first-order chi connectivity index (χ1) is 7.74. The number of halogens is 1. The lowest BCUT2D eigenvalue weighted by Crippen LogP contribution is -2.39. The quantitative estimate of drug-likeness (QED) is 0.601. The third kappa shape index (κ3) is 5.30. The van der Waals surface area contributed by atoms with Crippen LogP contribution in [-0.2, 0) is 4.79 Å². The number of hydrogen-bond acceptors (Lipinski definition) is 2. The van der Waals surface area contributed by atoms with Gasteiger partial charge in [-0.2, -0.15) is 0 Å². The van der Waals surface area contributed by atoms with Crippen LogP contribution in [-0.4, -0.2) is 41.8 Å². The molecule has 4 heteroatoms. The number of likely N-dealkylation sites (tertiary alicyclic amines) is 1. The van der Waals surface area contributed by atoms with Gasteiger partial charge in [-0.15, -0.1) is 0 Å². The number of nitrogens with one attached hydrogen (secondary N) is 1. The van der Waals surface area contributed by atoms with Crippen molar-refractivity contribution < 1.29 is 4.79 Å². The molecule has 16 heavy (non-hydrogen) atoms. The summed E-state index contributed by atoms with van der Waals surface area (Å²) in [5, 5.41) is 3.69. The lowest BCUT2D eigenvalue weighted by atomic mass is 10.0. The van der Waals surface area contributed by atoms with Crippen molar-refractivity contribution in [3.05, 3.63) is 0 Å². The summed E-state index contributed by atoms with van der Waals surface area (Å²) in [5.41, 5.74) is 0. The number of nitrogens with zero attached hydrogens (tertiary/aromatic N) is 1. The fraction of sp³-hybridized carbons (Fsp3) is 0.917. The molecule has 0 aromatic carbocycles. The SMILES string of the molecule is CC1CCCCN1CCCNC(=O)CCBr. The standard InChI is InChI=1S/C12H23BrN2O/c1-11-5-2-3-9-15(11)10-4-8-14-12(16)6-7-13/h11H,2-10H2,1H3,(H,14,16). The van der Waals surface area contributed by atoms with Crippen LogP contribution in [0.3, 0.4) is 0 Å². The molecule has 1 rings (SSSR count). The lowest BCUT2D eigenvalue weighted by Gasteiger charge is -2.33. The molecule has 1 N–H and O–H groups in total. The van der Waals surface area contributed by atoms with Gasteiger partial charge in [-0.1, -0.05) is 22.4 Å². The van der Waals surface area contributed by atoms with Gasteiger partial charge in [-0.05, 0) is 32.7 Å². The van der Waals surface area contributed by atoms with E-state index < -0.39 is 0 Å². The zero-order chi connectivity index (χ0) is 11.8. The van der Waals surface area contributed by atoms with Crippen LogP contribution in [0.15, 0.2) is 0 Å². The summed E-state index contributed by atoms with van der Waals surface area (Å²) in [6, 6.07) is 0.729. The normalized spacial score (nSPS) is 22.0. The zero-order valence-electron chi connectivity index (χ0n) is 10.2. The largest absolute Gasteiger partial charge is 0.356 e. The van der Waals surface area contributed by atoms with Crippen LogP contribution < -0.4 is 5.32 Å². The molecule has 0 aliphatic carbocycles. The van der Waals surface area contributed by atoms with E-state index in [1.165, 1.54) is 25.8 Å². The van der Waals surface area contributed by atoms with E-state index in [-0.39, 0.29) is 5.91 Å². The summed E-state index contributed by atoms with van der Waals surface area (Å²) in [7, 11) is 0. The van der Waals surface area contributed by atoms with Crippen LogP contribution >= 0.6 is 15.9 Å². The minimum Gasteiger partial charge on any atom is -0.356 e. The molecule has 1 atom stereocenters. The highest BCUT2D eigenvalue weighted by molar-refractivity contribution is 9.09. The van der Waals surface area contributed by atoms with Crippen molar-refractivity contribution in [2.75, 3.05) is 25.0 Å². The first-order valence-corrected chi connectivity index (χ1v) is 7.43. The molecule has 0 spiro atoms. The minimum absolute atomic E-state index is 0.156. The van der Waals surface area contributed by atoms with Crippen molar-refractivity contribution in [3.8, 4) is 0 Å². The summed E-state index contributed by atoms with van der Waals surface area (Å²) >= 11 is 3.26. The number of carbonyl (C=O) groups excluding carboxylic acids is 1. The Morgan fingerprint density at radius 2 is 2.31 bits per heavy atom. The Balaban J connectivity index is 2.03. The van der Waals surface area contributed by atoms with Crippen LogP contribution in [0.5, 0.6) is 0 Å². The van der Waals surface area contributed by atoms with Gasteiger partial charge < -0.3 is 10.2 Å². The summed E-state index contributed by atoms with van der Waals surface area (Å²) < 4.78 is 0. The van der Waals surface area contributed by atoms with Gasteiger partial charge in [0.25, 0.3) is 0 Å². The Labute approximate surface area is 107 Å². The molecule has 1 aliphatic heterocycles. The van der Waals surface area contributed by atoms with Gasteiger partial charge in [0.05, 0.1) is 0 Å². The summed E-state index contributed by atoms with van der Waals surface area (Å²) in [6.45, 7) is 5.48. The highest BCUT2D eigenvalue weighted by atomic mass is 79.9. The maximum atomic E-state index is 11.2. The van der Waals surface area contributed by atoms with Crippen LogP contribution in [0.4, 0.5) is 0 Å². The Morgan fingerprint density at radius 1 is 1.50 bits per heavy atom. The van der Waals surface area contributed by atoms with E-state index in [1.54, 1.807) is 0 Å². The molecule has 1 unspecified atom stereocenters. The molecule has 1 aliphatic rings. The summed E-state index contributed by atoms with van der Waals surface area (Å²) in [4.78, 5) is 13.7. The van der Waals surface area contributed by atoms with Gasteiger partial charge in [0.15, 0.2) is 0 Å². The number of rotatable bonds is 6. The average Bonchev–Trinajstić information content (AvgIpc) is 2.27. The predicted molar refractivity (Wildman–Crippen MR) is 70.9 cm³/mol. The molecule has 1 saturated heterocycles. The zero-order valence-corrected chi connectivity index (χ0v) is 11.8. The maximum absolute atomic E-state index is 11.2. The fourth-order valence-electron chi connectivity index (χ4n) is 2.17. The maximum Gasteiger partial charge on any atom is 0.220 e. The first-order valence-electron chi connectivity index (χ1n) is 6.30. The number of carbonyl (C=O) groups is 1. The second-order valence-corrected chi connectivity index (χ2v) is 5.32. The lowest BCUT2D eigenvalue weighted by molar-refractivity contribution is -0.120. The van der Waals surface area contributed by atoms with E-state index in [2.05, 4.69) is 33.1 Å². The Morgan fingerprint density at radius 3 is 3.00 bits per heavy atom. The van der Waals surface area contributed by atoms with Gasteiger partial charge in [0.1, 0.15) is 0 Å². The van der Waals surface area contributed by atoms with E-state index in [4.69, 9.17) is 0 Å². The molecule has 0 aromatic heterocycles. The molecule has 0 saturated carbocycles. The predicted octanol–water partition coefficient (Wildman–Crippen LogP) is 2.15. The highest BCUT2D eigenvalue weighted by Gasteiger charge is 2.16. The minimum atomic E-state index is 0.156. The Bertz CT molecular complexity index is 211. The van der Waals surface area contributed by atoms with Crippen molar-refractivity contribution in [3.63, 3.8) is 0 Å². The van der Waals surface area contributed by atoms with E-state index in [0.717, 1.165) is 30.9 Å². The topological polar surface area (TPSA) is 32.3 Å². The molecular weight excluding hydrogens is 268 g/mol. The van der Waals surface area contributed by atoms with Crippen molar-refractivity contribution in [2.45, 2.75) is 45.1 Å². The van der Waals surface area contributed by atoms with E-state index in [1.807, 2.05) is 0 Å². The second-order valence-electron chi connectivity index (χ2n) is 4.52. The van der Waals surface area contributed by atoms with Crippen molar-refractivity contribution in [1.82, 2.24) is 10.2 Å². The fourth-order valence-corrected chi connectivity index (χ4v) is 2.53. The molecule has 94 valence electrons. The molecule has 0 radical (unpaired) electrons. The monoisotopic (exact) mass is 290 g/mol. The van der Waals surface area contributed by atoms with Gasteiger partial charge >= 0.3 is 0 Å². The third-order valence-electron chi connectivity index (χ3n) is 3.21. The van der Waals surface area contributed by atoms with Crippen molar-refractivity contribution in [1.29, 1.82) is 0 Å². The Hall–Kier alpha value is -0.0900. The van der Waals surface area contributed by atoms with Crippen LogP contribution in [0, 0.1) is 0 Å². The van der Waals surface area contributed by atoms with E-state index in [9.17, 15) is 4.79 Å². The van der Waals surface area contributed by atoms with Gasteiger partial charge in [0.2, 0.25) is 5.91 Å². The van der Waals surface area contributed by atoms with Crippen molar-refractivity contribution in [2.24, 2.45) is 0 Å². The van der Waals surface area contributed by atoms with Crippen LogP contribution in [0.2, 0.25) is 0 Å². The number of piperidine rings is 1. The second kappa shape index (κ2) is 8.07. The number of amides is 1. The first kappa shape index (κ1) is 14.0. The van der Waals surface area contributed by atoms with Crippen LogP contribution in [0.1, 0.15) is 39.0 Å². The average molecular weight is 291 g/mol. The number of alkyl halides is 1. The van der Waals surface area contributed by atoms with E-state index >= 15 is 0 Å². The van der Waals surface area contributed by atoms with Gasteiger partial charge in [-0.25, -0.2) is 0 Å². The molecule has 1 fully saturated rings. The summed E-state index contributed by atoms with van der Waals surface area (Å²) in [6.07, 6.45) is 5.69. The molecular formula is C12H23BrN2O. The van der Waals surface area contributed by atoms with Crippen LogP contribution in [0.25, 0.3) is 0 Å². The third-order valence-corrected chi connectivity index (χ3v) is 3.60. The summed E-state index contributed by atoms with van der Waals surface area (Å²) in [5.74, 6) is 0.156. The molecule has 3 nitrogen and oxygen atoms in total. The Kier molecular flexibility index (Phi) is 7.05. The van der Waals surface area contributed by atoms with E-state index in [0.29, 0.717) is 6.42 Å². The molecule has 0 aromatic rings. The highest BCUT2D eigenvalue weighted by Crippen LogP contribution is 2.15. The molecule has 0 bridgehead atoms.